The SMILES string of the molecule is CC(=O)N1c2ccc(S(=O)(=O)NCc3ccc4c(c3)CNC4)cc2CC1C.Cl. The van der Waals surface area contributed by atoms with E-state index in [1.807, 2.05) is 25.1 Å². The molecule has 8 heteroatoms. The van der Waals surface area contributed by atoms with E-state index in [1.165, 1.54) is 18.1 Å². The molecule has 1 atom stereocenters. The summed E-state index contributed by atoms with van der Waals surface area (Å²) in [6, 6.07) is 11.1. The highest BCUT2D eigenvalue weighted by atomic mass is 35.5. The molecule has 0 saturated carbocycles. The van der Waals surface area contributed by atoms with Gasteiger partial charge in [-0.15, -0.1) is 12.4 Å². The van der Waals surface area contributed by atoms with Crippen LogP contribution in [0.3, 0.4) is 0 Å². The minimum Gasteiger partial charge on any atom is -0.309 e. The maximum Gasteiger partial charge on any atom is 0.240 e. The average molecular weight is 422 g/mol. The van der Waals surface area contributed by atoms with Crippen LogP contribution in [0.5, 0.6) is 0 Å². The van der Waals surface area contributed by atoms with Crippen LogP contribution in [0.4, 0.5) is 5.69 Å². The Morgan fingerprint density at radius 1 is 1.14 bits per heavy atom. The zero-order valence-electron chi connectivity index (χ0n) is 15.9. The number of hydrogen-bond acceptors (Lipinski definition) is 4. The molecule has 2 aromatic carbocycles. The first-order chi connectivity index (χ1) is 12.8. The first-order valence-electron chi connectivity index (χ1n) is 9.09. The van der Waals surface area contributed by atoms with Gasteiger partial charge < -0.3 is 10.2 Å². The van der Waals surface area contributed by atoms with Crippen LogP contribution in [-0.2, 0) is 40.9 Å². The Labute approximate surface area is 171 Å². The molecule has 0 aromatic heterocycles. The monoisotopic (exact) mass is 421 g/mol. The molecule has 4 rings (SSSR count). The quantitative estimate of drug-likeness (QED) is 0.795. The van der Waals surface area contributed by atoms with Gasteiger partial charge in [0.05, 0.1) is 4.90 Å². The number of halogens is 1. The van der Waals surface area contributed by atoms with E-state index in [0.717, 1.165) is 29.9 Å². The Bertz CT molecular complexity index is 1020. The number of rotatable bonds is 4. The number of nitrogens with one attached hydrogen (secondary N) is 2. The number of hydrogen-bond donors (Lipinski definition) is 2. The van der Waals surface area contributed by atoms with E-state index >= 15 is 0 Å². The number of carbonyl (C=O) groups excluding carboxylic acids is 1. The van der Waals surface area contributed by atoms with Gasteiger partial charge in [0.2, 0.25) is 15.9 Å². The lowest BCUT2D eigenvalue weighted by molar-refractivity contribution is -0.116. The summed E-state index contributed by atoms with van der Waals surface area (Å²) < 4.78 is 28.2. The van der Waals surface area contributed by atoms with E-state index in [4.69, 9.17) is 0 Å². The standard InChI is InChI=1S/C20H23N3O3S.ClH/c1-13-7-17-9-19(5-6-20(17)23(13)14(2)24)27(25,26)22-10-15-3-4-16-11-21-12-18(16)8-15;/h3-6,8-9,13,21-22H,7,10-12H2,1-2H3;1H. The molecule has 0 spiro atoms. The third-order valence-corrected chi connectivity index (χ3v) is 6.68. The van der Waals surface area contributed by atoms with Crippen molar-refractivity contribution in [3.8, 4) is 0 Å². The predicted molar refractivity (Wildman–Crippen MR) is 111 cm³/mol. The summed E-state index contributed by atoms with van der Waals surface area (Å²) in [5.41, 5.74) is 5.13. The maximum absolute atomic E-state index is 12.7. The molecule has 28 heavy (non-hydrogen) atoms. The molecule has 0 aliphatic carbocycles. The van der Waals surface area contributed by atoms with Crippen molar-refractivity contribution < 1.29 is 13.2 Å². The number of amides is 1. The zero-order chi connectivity index (χ0) is 19.2. The van der Waals surface area contributed by atoms with Crippen LogP contribution in [0.15, 0.2) is 41.3 Å². The summed E-state index contributed by atoms with van der Waals surface area (Å²) >= 11 is 0. The van der Waals surface area contributed by atoms with Crippen molar-refractivity contribution in [2.24, 2.45) is 0 Å². The van der Waals surface area contributed by atoms with Crippen LogP contribution in [0.25, 0.3) is 0 Å². The minimum absolute atomic E-state index is 0. The minimum atomic E-state index is -3.62. The fraction of sp³-hybridized carbons (Fsp3) is 0.350. The number of fused-ring (bicyclic) bond motifs is 2. The molecule has 0 fully saturated rings. The van der Waals surface area contributed by atoms with Crippen molar-refractivity contribution in [3.05, 3.63) is 58.7 Å². The number of benzene rings is 2. The van der Waals surface area contributed by atoms with Crippen LogP contribution >= 0.6 is 12.4 Å². The van der Waals surface area contributed by atoms with Gasteiger partial charge in [0.1, 0.15) is 0 Å². The number of anilines is 1. The highest BCUT2D eigenvalue weighted by Gasteiger charge is 2.30. The molecule has 6 nitrogen and oxygen atoms in total. The van der Waals surface area contributed by atoms with Gasteiger partial charge in [-0.1, -0.05) is 18.2 Å². The van der Waals surface area contributed by atoms with Gasteiger partial charge >= 0.3 is 0 Å². The molecule has 0 radical (unpaired) electrons. The predicted octanol–water partition coefficient (Wildman–Crippen LogP) is 2.49. The topological polar surface area (TPSA) is 78.5 Å². The largest absolute Gasteiger partial charge is 0.309 e. The van der Waals surface area contributed by atoms with Gasteiger partial charge in [0.15, 0.2) is 0 Å². The van der Waals surface area contributed by atoms with Crippen molar-refractivity contribution in [1.29, 1.82) is 0 Å². The molecular weight excluding hydrogens is 398 g/mol. The van der Waals surface area contributed by atoms with Crippen molar-refractivity contribution in [1.82, 2.24) is 10.0 Å². The molecule has 1 unspecified atom stereocenters. The van der Waals surface area contributed by atoms with Crippen molar-refractivity contribution in [2.75, 3.05) is 4.90 Å². The summed E-state index contributed by atoms with van der Waals surface area (Å²) in [5, 5.41) is 3.29. The fourth-order valence-corrected chi connectivity index (χ4v) is 5.04. The van der Waals surface area contributed by atoms with Crippen molar-refractivity contribution in [3.63, 3.8) is 0 Å². The van der Waals surface area contributed by atoms with Crippen LogP contribution in [0.1, 0.15) is 36.1 Å². The van der Waals surface area contributed by atoms with Gasteiger partial charge in [0.25, 0.3) is 0 Å². The first-order valence-corrected chi connectivity index (χ1v) is 10.6. The number of carbonyl (C=O) groups is 1. The van der Waals surface area contributed by atoms with Gasteiger partial charge in [-0.2, -0.15) is 0 Å². The highest BCUT2D eigenvalue weighted by molar-refractivity contribution is 7.89. The molecule has 0 bridgehead atoms. The van der Waals surface area contributed by atoms with E-state index in [-0.39, 0.29) is 35.8 Å². The third kappa shape index (κ3) is 3.80. The molecule has 150 valence electrons. The second-order valence-corrected chi connectivity index (χ2v) is 9.03. The summed E-state index contributed by atoms with van der Waals surface area (Å²) in [6.45, 7) is 5.45. The van der Waals surface area contributed by atoms with E-state index < -0.39 is 10.0 Å². The second-order valence-electron chi connectivity index (χ2n) is 7.26. The Morgan fingerprint density at radius 2 is 1.89 bits per heavy atom. The lowest BCUT2D eigenvalue weighted by Crippen LogP contribution is -2.33. The molecule has 2 heterocycles. The van der Waals surface area contributed by atoms with Crippen LogP contribution in [0, 0.1) is 0 Å². The molecule has 2 N–H and O–H groups in total. The van der Waals surface area contributed by atoms with E-state index in [2.05, 4.69) is 10.0 Å². The molecule has 1 amide bonds. The van der Waals surface area contributed by atoms with Crippen molar-refractivity contribution >= 4 is 34.0 Å². The van der Waals surface area contributed by atoms with Crippen LogP contribution < -0.4 is 14.9 Å². The Balaban J connectivity index is 0.00000225. The summed E-state index contributed by atoms with van der Waals surface area (Å²) in [5.74, 6) is -0.0268. The number of sulfonamides is 1. The van der Waals surface area contributed by atoms with Crippen LogP contribution in [0.2, 0.25) is 0 Å². The summed E-state index contributed by atoms with van der Waals surface area (Å²) in [6.07, 6.45) is 0.663. The third-order valence-electron chi connectivity index (χ3n) is 5.28. The number of nitrogens with zero attached hydrogens (tertiary/aromatic N) is 1. The van der Waals surface area contributed by atoms with E-state index in [0.29, 0.717) is 6.42 Å². The second kappa shape index (κ2) is 7.83. The van der Waals surface area contributed by atoms with E-state index in [1.54, 1.807) is 23.1 Å². The molecule has 0 saturated heterocycles. The fourth-order valence-electron chi connectivity index (χ4n) is 3.97. The van der Waals surface area contributed by atoms with Crippen LogP contribution in [-0.4, -0.2) is 20.4 Å². The molecule has 2 aliphatic heterocycles. The van der Waals surface area contributed by atoms with Gasteiger partial charge in [-0.3, -0.25) is 4.79 Å². The van der Waals surface area contributed by atoms with Crippen molar-refractivity contribution in [2.45, 2.75) is 50.8 Å². The lowest BCUT2D eigenvalue weighted by Gasteiger charge is -2.20. The average Bonchev–Trinajstić information content (AvgIpc) is 3.21. The smallest absolute Gasteiger partial charge is 0.240 e. The zero-order valence-corrected chi connectivity index (χ0v) is 17.5. The summed E-state index contributed by atoms with van der Waals surface area (Å²) in [4.78, 5) is 13.8. The molecular formula is C20H24ClN3O3S. The Hall–Kier alpha value is -1.93. The normalized spacial score (nSPS) is 17.8. The summed E-state index contributed by atoms with van der Waals surface area (Å²) in [7, 11) is -3.62. The van der Waals surface area contributed by atoms with E-state index in [9.17, 15) is 13.2 Å². The van der Waals surface area contributed by atoms with Gasteiger partial charge in [-0.25, -0.2) is 13.1 Å². The maximum atomic E-state index is 12.7. The van der Waals surface area contributed by atoms with Gasteiger partial charge in [-0.05, 0) is 53.8 Å². The Kier molecular flexibility index (Phi) is 5.82. The molecule has 2 aliphatic rings. The Morgan fingerprint density at radius 3 is 2.64 bits per heavy atom. The highest BCUT2D eigenvalue weighted by Crippen LogP contribution is 2.33. The van der Waals surface area contributed by atoms with Gasteiger partial charge in [0, 0.05) is 38.3 Å². The lowest BCUT2D eigenvalue weighted by atomic mass is 10.1. The first kappa shape index (κ1) is 20.8. The molecule has 2 aromatic rings.